The van der Waals surface area contributed by atoms with Crippen molar-refractivity contribution in [1.82, 2.24) is 14.8 Å². The second-order valence-electron chi connectivity index (χ2n) is 6.03. The third kappa shape index (κ3) is 3.36. The second-order valence-corrected chi connectivity index (χ2v) is 6.47. The molecular weight excluding hydrogens is 364 g/mol. The molecule has 0 fully saturated rings. The summed E-state index contributed by atoms with van der Waals surface area (Å²) in [6, 6.07) is 13.5. The Morgan fingerprint density at radius 1 is 1.15 bits per heavy atom. The maximum atomic E-state index is 6.02. The summed E-state index contributed by atoms with van der Waals surface area (Å²) in [5.41, 5.74) is 3.00. The monoisotopic (exact) mass is 382 g/mol. The average Bonchev–Trinajstić information content (AvgIpc) is 3.17. The molecule has 3 aromatic rings. The minimum absolute atomic E-state index is 0.126. The number of nitrogens with one attached hydrogen (secondary N) is 1. The van der Waals surface area contributed by atoms with Crippen LogP contribution in [0.5, 0.6) is 11.5 Å². The summed E-state index contributed by atoms with van der Waals surface area (Å²) >= 11 is 6.02. The topological polar surface area (TPSA) is 61.2 Å². The Morgan fingerprint density at radius 2 is 1.96 bits per heavy atom. The zero-order valence-corrected chi connectivity index (χ0v) is 15.8. The van der Waals surface area contributed by atoms with Crippen molar-refractivity contribution in [2.75, 3.05) is 19.0 Å². The number of fused-ring (bicyclic) bond motifs is 1. The Labute approximate surface area is 162 Å². The highest BCUT2D eigenvalue weighted by Crippen LogP contribution is 2.36. The number of hydrogen-bond donors (Lipinski definition) is 1. The van der Waals surface area contributed by atoms with E-state index < -0.39 is 0 Å². The van der Waals surface area contributed by atoms with E-state index in [1.54, 1.807) is 13.4 Å². The van der Waals surface area contributed by atoms with Crippen LogP contribution in [0.15, 0.2) is 54.9 Å². The molecule has 1 atom stereocenters. The predicted octanol–water partition coefficient (Wildman–Crippen LogP) is 4.39. The van der Waals surface area contributed by atoms with E-state index in [4.69, 9.17) is 21.1 Å². The molecule has 27 heavy (non-hydrogen) atoms. The third-order valence-electron chi connectivity index (χ3n) is 4.39. The minimum atomic E-state index is -0.126. The zero-order valence-electron chi connectivity index (χ0n) is 15.0. The molecular formula is C20H19ClN4O2. The highest BCUT2D eigenvalue weighted by Gasteiger charge is 2.24. The molecule has 6 nitrogen and oxygen atoms in total. The molecule has 4 rings (SSSR count). The second kappa shape index (κ2) is 7.32. The Balaban J connectivity index is 1.77. The van der Waals surface area contributed by atoms with Crippen molar-refractivity contribution in [1.29, 1.82) is 0 Å². The van der Waals surface area contributed by atoms with Crippen LogP contribution < -0.4 is 14.8 Å². The van der Waals surface area contributed by atoms with Gasteiger partial charge in [-0.15, -0.1) is 0 Å². The van der Waals surface area contributed by atoms with Gasteiger partial charge < -0.3 is 14.8 Å². The molecule has 0 amide bonds. The highest BCUT2D eigenvalue weighted by molar-refractivity contribution is 6.30. The largest absolute Gasteiger partial charge is 0.493 e. The van der Waals surface area contributed by atoms with Gasteiger partial charge in [0.25, 0.3) is 0 Å². The van der Waals surface area contributed by atoms with E-state index in [-0.39, 0.29) is 6.04 Å². The van der Waals surface area contributed by atoms with Gasteiger partial charge in [-0.05, 0) is 48.4 Å². The van der Waals surface area contributed by atoms with Crippen molar-refractivity contribution in [2.24, 2.45) is 0 Å². The van der Waals surface area contributed by atoms with Crippen molar-refractivity contribution in [2.45, 2.75) is 13.0 Å². The lowest BCUT2D eigenvalue weighted by molar-refractivity contribution is 0.310. The SMILES string of the molecule is CCOc1ccc([C@@H]2C=C(c3ccc(Cl)cc3)Nc3ncnn32)cc1OC. The van der Waals surface area contributed by atoms with E-state index in [0.717, 1.165) is 22.6 Å². The van der Waals surface area contributed by atoms with Gasteiger partial charge in [-0.1, -0.05) is 29.8 Å². The lowest BCUT2D eigenvalue weighted by Crippen LogP contribution is -2.20. The van der Waals surface area contributed by atoms with Gasteiger partial charge in [0.1, 0.15) is 12.4 Å². The Morgan fingerprint density at radius 3 is 2.70 bits per heavy atom. The first-order valence-electron chi connectivity index (χ1n) is 8.64. The Hall–Kier alpha value is -2.99. The molecule has 0 saturated carbocycles. The van der Waals surface area contributed by atoms with Crippen LogP contribution in [0.4, 0.5) is 5.95 Å². The van der Waals surface area contributed by atoms with Crippen molar-refractivity contribution in [3.8, 4) is 11.5 Å². The number of anilines is 1. The molecule has 1 N–H and O–H groups in total. The third-order valence-corrected chi connectivity index (χ3v) is 4.64. The van der Waals surface area contributed by atoms with Crippen LogP contribution in [0.3, 0.4) is 0 Å². The van der Waals surface area contributed by atoms with E-state index in [1.807, 2.05) is 54.1 Å². The van der Waals surface area contributed by atoms with Gasteiger partial charge in [-0.3, -0.25) is 0 Å². The molecule has 7 heteroatoms. The zero-order chi connectivity index (χ0) is 18.8. The number of benzene rings is 2. The fourth-order valence-corrected chi connectivity index (χ4v) is 3.24. The van der Waals surface area contributed by atoms with Crippen LogP contribution in [0, 0.1) is 0 Å². The van der Waals surface area contributed by atoms with Gasteiger partial charge in [0.15, 0.2) is 11.5 Å². The quantitative estimate of drug-likeness (QED) is 0.708. The number of methoxy groups -OCH3 is 1. The number of hydrogen-bond acceptors (Lipinski definition) is 5. The summed E-state index contributed by atoms with van der Waals surface area (Å²) in [5, 5.41) is 8.40. The maximum Gasteiger partial charge on any atom is 0.226 e. The van der Waals surface area contributed by atoms with Gasteiger partial charge in [0.2, 0.25) is 5.95 Å². The Bertz CT molecular complexity index is 982. The first-order chi connectivity index (χ1) is 13.2. The van der Waals surface area contributed by atoms with Crippen molar-refractivity contribution in [3.63, 3.8) is 0 Å². The lowest BCUT2D eigenvalue weighted by atomic mass is 10.0. The summed E-state index contributed by atoms with van der Waals surface area (Å²) in [6.07, 6.45) is 3.65. The molecule has 2 heterocycles. The molecule has 2 aromatic carbocycles. The number of allylic oxidation sites excluding steroid dienone is 1. The van der Waals surface area contributed by atoms with Crippen LogP contribution >= 0.6 is 11.6 Å². The number of nitrogens with zero attached hydrogens (tertiary/aromatic N) is 3. The van der Waals surface area contributed by atoms with Crippen LogP contribution in [-0.2, 0) is 0 Å². The molecule has 1 aromatic heterocycles. The molecule has 0 bridgehead atoms. The standard InChI is InChI=1S/C20H19ClN4O2/c1-3-27-18-9-6-14(10-19(18)26-2)17-11-16(13-4-7-15(21)8-5-13)24-20-22-12-23-25(17)20/h4-12,17H,3H2,1-2H3,(H,22,23,24)/t17-/m0/s1. The van der Waals surface area contributed by atoms with Gasteiger partial charge in [-0.25, -0.2) is 4.68 Å². The predicted molar refractivity (Wildman–Crippen MR) is 105 cm³/mol. The lowest BCUT2D eigenvalue weighted by Gasteiger charge is -2.25. The van der Waals surface area contributed by atoms with E-state index in [9.17, 15) is 0 Å². The maximum absolute atomic E-state index is 6.02. The molecule has 0 aliphatic carbocycles. The summed E-state index contributed by atoms with van der Waals surface area (Å²) in [6.45, 7) is 2.53. The summed E-state index contributed by atoms with van der Waals surface area (Å²) < 4.78 is 13.0. The molecule has 1 aliphatic rings. The average molecular weight is 383 g/mol. The minimum Gasteiger partial charge on any atom is -0.493 e. The number of aromatic nitrogens is 3. The highest BCUT2D eigenvalue weighted by atomic mass is 35.5. The molecule has 0 saturated heterocycles. The summed E-state index contributed by atoms with van der Waals surface area (Å²) in [5.74, 6) is 2.09. The van der Waals surface area contributed by atoms with Gasteiger partial charge >= 0.3 is 0 Å². The molecule has 0 radical (unpaired) electrons. The molecule has 0 unspecified atom stereocenters. The number of ether oxygens (including phenoxy) is 2. The summed E-state index contributed by atoms with van der Waals surface area (Å²) in [7, 11) is 1.64. The van der Waals surface area contributed by atoms with Crippen molar-refractivity contribution < 1.29 is 9.47 Å². The normalized spacial score (nSPS) is 15.5. The van der Waals surface area contributed by atoms with Gasteiger partial charge in [-0.2, -0.15) is 10.1 Å². The molecule has 1 aliphatic heterocycles. The number of halogens is 1. The molecule has 0 spiro atoms. The van der Waals surface area contributed by atoms with Gasteiger partial charge in [0.05, 0.1) is 13.7 Å². The van der Waals surface area contributed by atoms with Crippen LogP contribution in [0.1, 0.15) is 24.1 Å². The fraction of sp³-hybridized carbons (Fsp3) is 0.200. The number of rotatable bonds is 5. The first-order valence-corrected chi connectivity index (χ1v) is 9.02. The van der Waals surface area contributed by atoms with Crippen molar-refractivity contribution >= 4 is 23.2 Å². The fourth-order valence-electron chi connectivity index (χ4n) is 3.11. The molecule has 138 valence electrons. The van der Waals surface area contributed by atoms with Gasteiger partial charge in [0, 0.05) is 10.7 Å². The van der Waals surface area contributed by atoms with Crippen LogP contribution in [-0.4, -0.2) is 28.5 Å². The first kappa shape index (κ1) is 17.4. The van der Waals surface area contributed by atoms with E-state index in [1.165, 1.54) is 0 Å². The van der Waals surface area contributed by atoms with Crippen LogP contribution in [0.25, 0.3) is 5.70 Å². The Kier molecular flexibility index (Phi) is 4.73. The van der Waals surface area contributed by atoms with Crippen LogP contribution in [0.2, 0.25) is 5.02 Å². The van der Waals surface area contributed by atoms with E-state index >= 15 is 0 Å². The van der Waals surface area contributed by atoms with Crippen molar-refractivity contribution in [3.05, 3.63) is 71.0 Å². The van der Waals surface area contributed by atoms with E-state index in [0.29, 0.717) is 23.3 Å². The smallest absolute Gasteiger partial charge is 0.226 e. The summed E-state index contributed by atoms with van der Waals surface area (Å²) in [4.78, 5) is 4.33. The van der Waals surface area contributed by atoms with E-state index in [2.05, 4.69) is 21.5 Å².